The van der Waals surface area contributed by atoms with Crippen LogP contribution in [0.4, 0.5) is 0 Å². The van der Waals surface area contributed by atoms with Crippen molar-refractivity contribution in [3.63, 3.8) is 0 Å². The predicted molar refractivity (Wildman–Crippen MR) is 91.0 cm³/mol. The Kier molecular flexibility index (Phi) is 5.14. The molecule has 0 saturated carbocycles. The van der Waals surface area contributed by atoms with E-state index in [9.17, 15) is 5.26 Å². The van der Waals surface area contributed by atoms with Crippen LogP contribution in [0.3, 0.4) is 0 Å². The fourth-order valence-corrected chi connectivity index (χ4v) is 2.46. The van der Waals surface area contributed by atoms with E-state index < -0.39 is 6.29 Å². The average molecular weight is 335 g/mol. The number of aromatic nitrogens is 4. The topological polar surface area (TPSA) is 85.8 Å². The molecule has 3 rings (SSSR count). The summed E-state index contributed by atoms with van der Waals surface area (Å²) in [7, 11) is 1.56. The van der Waals surface area contributed by atoms with E-state index >= 15 is 0 Å². The normalized spacial score (nSPS) is 11.9. The monoisotopic (exact) mass is 335 g/mol. The first-order chi connectivity index (χ1) is 12.2. The molecule has 1 unspecified atom stereocenters. The minimum Gasteiger partial charge on any atom is -0.356 e. The molecule has 7 nitrogen and oxygen atoms in total. The van der Waals surface area contributed by atoms with Gasteiger partial charge in [-0.2, -0.15) is 9.94 Å². The SMILES string of the molecule is COC(C)OCn1nnnc1-c1c(C#N)cccc1-c1ccccc1. The van der Waals surface area contributed by atoms with Gasteiger partial charge in [0.05, 0.1) is 11.6 Å². The number of benzene rings is 2. The summed E-state index contributed by atoms with van der Waals surface area (Å²) in [6.45, 7) is 1.90. The third kappa shape index (κ3) is 3.55. The number of methoxy groups -OCH3 is 1. The minimum absolute atomic E-state index is 0.116. The highest BCUT2D eigenvalue weighted by Crippen LogP contribution is 2.33. The molecule has 0 N–H and O–H groups in total. The maximum Gasteiger partial charge on any atom is 0.186 e. The molecule has 0 bridgehead atoms. The Morgan fingerprint density at radius 2 is 1.96 bits per heavy atom. The number of nitrogens with zero attached hydrogens (tertiary/aromatic N) is 5. The summed E-state index contributed by atoms with van der Waals surface area (Å²) in [6, 6.07) is 17.6. The van der Waals surface area contributed by atoms with Crippen molar-refractivity contribution in [2.75, 3.05) is 7.11 Å². The minimum atomic E-state index is -0.392. The molecule has 0 saturated heterocycles. The number of rotatable bonds is 6. The molecule has 1 atom stereocenters. The highest BCUT2D eigenvalue weighted by atomic mass is 16.7. The Hall–Kier alpha value is -3.08. The smallest absolute Gasteiger partial charge is 0.186 e. The van der Waals surface area contributed by atoms with Crippen molar-refractivity contribution in [3.8, 4) is 28.6 Å². The van der Waals surface area contributed by atoms with Gasteiger partial charge in [-0.1, -0.05) is 42.5 Å². The van der Waals surface area contributed by atoms with Gasteiger partial charge in [0.15, 0.2) is 12.1 Å². The second-order valence-electron chi connectivity index (χ2n) is 5.31. The summed E-state index contributed by atoms with van der Waals surface area (Å²) in [4.78, 5) is 0. The van der Waals surface area contributed by atoms with Crippen molar-refractivity contribution < 1.29 is 9.47 Å². The van der Waals surface area contributed by atoms with E-state index in [0.717, 1.165) is 11.1 Å². The molecule has 7 heteroatoms. The fourth-order valence-electron chi connectivity index (χ4n) is 2.46. The Balaban J connectivity index is 2.09. The Morgan fingerprint density at radius 3 is 2.68 bits per heavy atom. The first-order valence-corrected chi connectivity index (χ1v) is 7.74. The summed E-state index contributed by atoms with van der Waals surface area (Å²) >= 11 is 0. The van der Waals surface area contributed by atoms with Crippen molar-refractivity contribution in [3.05, 3.63) is 54.1 Å². The first-order valence-electron chi connectivity index (χ1n) is 7.74. The molecule has 0 spiro atoms. The molecule has 2 aromatic carbocycles. The average Bonchev–Trinajstić information content (AvgIpc) is 3.14. The van der Waals surface area contributed by atoms with Gasteiger partial charge < -0.3 is 9.47 Å². The lowest BCUT2D eigenvalue weighted by Gasteiger charge is -2.14. The molecule has 0 fully saturated rings. The lowest BCUT2D eigenvalue weighted by Crippen LogP contribution is -2.15. The van der Waals surface area contributed by atoms with Crippen molar-refractivity contribution >= 4 is 0 Å². The molecule has 3 aromatic rings. The Morgan fingerprint density at radius 1 is 1.16 bits per heavy atom. The molecule has 0 radical (unpaired) electrons. The molecule has 1 heterocycles. The van der Waals surface area contributed by atoms with E-state index in [1.54, 1.807) is 20.1 Å². The van der Waals surface area contributed by atoms with E-state index in [1.807, 2.05) is 42.5 Å². The van der Waals surface area contributed by atoms with Gasteiger partial charge in [-0.25, -0.2) is 0 Å². The second-order valence-corrected chi connectivity index (χ2v) is 5.31. The van der Waals surface area contributed by atoms with Crippen LogP contribution in [0.5, 0.6) is 0 Å². The molecule has 0 amide bonds. The van der Waals surface area contributed by atoms with E-state index in [2.05, 4.69) is 21.6 Å². The highest BCUT2D eigenvalue weighted by molar-refractivity contribution is 5.84. The molecule has 0 aliphatic carbocycles. The maximum absolute atomic E-state index is 9.56. The van der Waals surface area contributed by atoms with Crippen LogP contribution in [0.1, 0.15) is 12.5 Å². The molecule has 0 aliphatic rings. The van der Waals surface area contributed by atoms with Crippen LogP contribution < -0.4 is 0 Å². The predicted octanol–water partition coefficient (Wildman–Crippen LogP) is 2.85. The summed E-state index contributed by atoms with van der Waals surface area (Å²) < 4.78 is 12.1. The van der Waals surface area contributed by atoms with Crippen LogP contribution in [0.2, 0.25) is 0 Å². The standard InChI is InChI=1S/C18H17N5O2/c1-13(24-2)25-12-23-18(20-21-22-23)17-15(11-19)9-6-10-16(17)14-7-4-3-5-8-14/h3-10,13H,12H2,1-2H3. The number of ether oxygens (including phenoxy) is 2. The zero-order chi connectivity index (χ0) is 17.6. The molecule has 0 aliphatic heterocycles. The second kappa shape index (κ2) is 7.66. The van der Waals surface area contributed by atoms with Gasteiger partial charge in [0.1, 0.15) is 6.73 Å². The molecule has 1 aromatic heterocycles. The van der Waals surface area contributed by atoms with E-state index in [4.69, 9.17) is 9.47 Å². The zero-order valence-electron chi connectivity index (χ0n) is 14.0. The number of hydrogen-bond acceptors (Lipinski definition) is 6. The summed E-state index contributed by atoms with van der Waals surface area (Å²) in [5, 5.41) is 21.4. The lowest BCUT2D eigenvalue weighted by molar-refractivity contribution is -0.136. The van der Waals surface area contributed by atoms with Crippen molar-refractivity contribution in [1.29, 1.82) is 5.26 Å². The summed E-state index contributed by atoms with van der Waals surface area (Å²) in [6.07, 6.45) is -0.392. The maximum atomic E-state index is 9.56. The fraction of sp³-hybridized carbons (Fsp3) is 0.222. The van der Waals surface area contributed by atoms with Crippen LogP contribution in [0, 0.1) is 11.3 Å². The first kappa shape index (κ1) is 16.8. The summed E-state index contributed by atoms with van der Waals surface area (Å²) in [5.74, 6) is 0.472. The largest absolute Gasteiger partial charge is 0.356 e. The van der Waals surface area contributed by atoms with Gasteiger partial charge in [0.25, 0.3) is 0 Å². The Bertz CT molecular complexity index is 886. The van der Waals surface area contributed by atoms with Crippen LogP contribution in [0.15, 0.2) is 48.5 Å². The van der Waals surface area contributed by atoms with E-state index in [1.165, 1.54) is 4.68 Å². The van der Waals surface area contributed by atoms with Crippen molar-refractivity contribution in [2.45, 2.75) is 19.9 Å². The molecule has 25 heavy (non-hydrogen) atoms. The van der Waals surface area contributed by atoms with Crippen molar-refractivity contribution in [1.82, 2.24) is 20.2 Å². The number of tetrazole rings is 1. The van der Waals surface area contributed by atoms with Gasteiger partial charge in [0, 0.05) is 12.7 Å². The highest BCUT2D eigenvalue weighted by Gasteiger charge is 2.19. The van der Waals surface area contributed by atoms with Gasteiger partial charge in [-0.15, -0.1) is 5.10 Å². The number of hydrogen-bond donors (Lipinski definition) is 0. The van der Waals surface area contributed by atoms with Gasteiger partial charge in [0.2, 0.25) is 0 Å². The van der Waals surface area contributed by atoms with Gasteiger partial charge >= 0.3 is 0 Å². The van der Waals surface area contributed by atoms with Crippen molar-refractivity contribution in [2.24, 2.45) is 0 Å². The van der Waals surface area contributed by atoms with Crippen LogP contribution in [-0.2, 0) is 16.2 Å². The summed E-state index contributed by atoms with van der Waals surface area (Å²) in [5.41, 5.74) is 3.04. The zero-order valence-corrected chi connectivity index (χ0v) is 14.0. The van der Waals surface area contributed by atoms with Crippen LogP contribution in [-0.4, -0.2) is 33.6 Å². The van der Waals surface area contributed by atoms with E-state index in [0.29, 0.717) is 17.0 Å². The molecular weight excluding hydrogens is 318 g/mol. The van der Waals surface area contributed by atoms with Gasteiger partial charge in [-0.05, 0) is 34.5 Å². The third-order valence-corrected chi connectivity index (χ3v) is 3.79. The number of nitriles is 1. The van der Waals surface area contributed by atoms with Crippen LogP contribution in [0.25, 0.3) is 22.5 Å². The Labute approximate surface area is 145 Å². The third-order valence-electron chi connectivity index (χ3n) is 3.79. The lowest BCUT2D eigenvalue weighted by atomic mass is 9.95. The van der Waals surface area contributed by atoms with Crippen LogP contribution >= 0.6 is 0 Å². The molecule has 126 valence electrons. The van der Waals surface area contributed by atoms with E-state index in [-0.39, 0.29) is 6.73 Å². The molecular formula is C18H17N5O2. The quantitative estimate of drug-likeness (QED) is 0.644. The van der Waals surface area contributed by atoms with Gasteiger partial charge in [-0.3, -0.25) is 0 Å².